The molecule has 2 aromatic carbocycles. The molecule has 32 heavy (non-hydrogen) atoms. The van der Waals surface area contributed by atoms with Crippen LogP contribution in [-0.4, -0.2) is 28.2 Å². The van der Waals surface area contributed by atoms with Gasteiger partial charge in [-0.15, -0.1) is 21.5 Å². The Morgan fingerprint density at radius 2 is 2.00 bits per heavy atom. The highest BCUT2D eigenvalue weighted by Gasteiger charge is 2.25. The molecule has 9 nitrogen and oxygen atoms in total. The summed E-state index contributed by atoms with van der Waals surface area (Å²) in [6.45, 7) is 1.61. The highest BCUT2D eigenvalue weighted by Crippen LogP contribution is 2.35. The number of benzene rings is 2. The molecule has 0 aliphatic carbocycles. The van der Waals surface area contributed by atoms with Crippen molar-refractivity contribution in [3.63, 3.8) is 0 Å². The van der Waals surface area contributed by atoms with E-state index in [4.69, 9.17) is 13.9 Å². The predicted octanol–water partition coefficient (Wildman–Crippen LogP) is 5.06. The quantitative estimate of drug-likeness (QED) is 0.215. The van der Waals surface area contributed by atoms with Gasteiger partial charge in [0.25, 0.3) is 11.6 Å². The number of rotatable bonds is 7. The second-order valence-corrected chi connectivity index (χ2v) is 7.80. The Hall–Kier alpha value is -3.70. The summed E-state index contributed by atoms with van der Waals surface area (Å²) in [6.07, 6.45) is -0.882. The van der Waals surface area contributed by atoms with Crippen molar-refractivity contribution in [1.82, 2.24) is 10.2 Å². The average molecular weight is 457 g/mol. The van der Waals surface area contributed by atoms with Crippen molar-refractivity contribution in [2.24, 2.45) is 0 Å². The fraction of sp³-hybridized carbons (Fsp3) is 0.190. The number of ether oxygens (including phenoxy) is 2. The maximum atomic E-state index is 14.3. The van der Waals surface area contributed by atoms with Crippen molar-refractivity contribution in [3.8, 4) is 11.5 Å². The molecular formula is C21H16FN3O6S. The summed E-state index contributed by atoms with van der Waals surface area (Å²) in [4.78, 5) is 23.3. The van der Waals surface area contributed by atoms with E-state index in [1.807, 2.05) is 0 Å². The number of esters is 1. The zero-order valence-corrected chi connectivity index (χ0v) is 17.7. The predicted molar refractivity (Wildman–Crippen MR) is 113 cm³/mol. The number of aromatic nitrogens is 2. The molecule has 4 aromatic rings. The van der Waals surface area contributed by atoms with Gasteiger partial charge in [0.15, 0.2) is 6.10 Å². The Bertz CT molecular complexity index is 1300. The van der Waals surface area contributed by atoms with Gasteiger partial charge in [0.05, 0.1) is 11.5 Å². The normalized spacial score (nSPS) is 12.1. The van der Waals surface area contributed by atoms with Crippen molar-refractivity contribution >= 4 is 33.1 Å². The lowest BCUT2D eigenvalue weighted by molar-refractivity contribution is -0.384. The Kier molecular flexibility index (Phi) is 5.93. The van der Waals surface area contributed by atoms with Crippen LogP contribution >= 0.6 is 11.3 Å². The lowest BCUT2D eigenvalue weighted by Crippen LogP contribution is -2.10. The fourth-order valence-corrected chi connectivity index (χ4v) is 4.22. The number of halogens is 1. The van der Waals surface area contributed by atoms with Crippen LogP contribution in [0.1, 0.15) is 34.2 Å². The Morgan fingerprint density at radius 3 is 2.69 bits per heavy atom. The maximum Gasteiger partial charge on any atom is 0.349 e. The van der Waals surface area contributed by atoms with Crippen LogP contribution in [0.5, 0.6) is 0 Å². The van der Waals surface area contributed by atoms with Crippen molar-refractivity contribution in [2.75, 3.05) is 7.11 Å². The highest BCUT2D eigenvalue weighted by molar-refractivity contribution is 7.21. The number of carbonyl (C=O) groups excluding carboxylic acids is 1. The van der Waals surface area contributed by atoms with Crippen molar-refractivity contribution < 1.29 is 28.0 Å². The fourth-order valence-electron chi connectivity index (χ4n) is 3.12. The van der Waals surface area contributed by atoms with Crippen molar-refractivity contribution in [3.05, 3.63) is 74.7 Å². The molecule has 2 aromatic heterocycles. The zero-order chi connectivity index (χ0) is 22.8. The molecule has 11 heteroatoms. The molecule has 4 rings (SSSR count). The molecule has 0 saturated carbocycles. The van der Waals surface area contributed by atoms with Crippen LogP contribution in [0, 0.1) is 15.9 Å². The van der Waals surface area contributed by atoms with Gasteiger partial charge in [-0.05, 0) is 31.2 Å². The van der Waals surface area contributed by atoms with Gasteiger partial charge in [-0.1, -0.05) is 6.07 Å². The SMILES string of the molecule is COCc1c(C(=O)OC(C)c2nnc(-c3ccc([N+](=O)[O-])cc3)o2)sc2cccc(F)c12. The molecule has 164 valence electrons. The number of fused-ring (bicyclic) bond motifs is 1. The number of methoxy groups -OCH3 is 1. The summed E-state index contributed by atoms with van der Waals surface area (Å²) in [7, 11) is 1.46. The van der Waals surface area contributed by atoms with E-state index < -0.39 is 22.8 Å². The Morgan fingerprint density at radius 1 is 1.25 bits per heavy atom. The second-order valence-electron chi connectivity index (χ2n) is 6.75. The lowest BCUT2D eigenvalue weighted by Gasteiger charge is -2.09. The molecular weight excluding hydrogens is 441 g/mol. The monoisotopic (exact) mass is 457 g/mol. The summed E-state index contributed by atoms with van der Waals surface area (Å²) in [5.41, 5.74) is 0.831. The number of non-ortho nitro benzene ring substituents is 1. The third-order valence-electron chi connectivity index (χ3n) is 4.63. The molecule has 0 bridgehead atoms. The van der Waals surface area contributed by atoms with Crippen molar-refractivity contribution in [1.29, 1.82) is 0 Å². The summed E-state index contributed by atoms with van der Waals surface area (Å²) < 4.78 is 31.2. The minimum atomic E-state index is -0.882. The summed E-state index contributed by atoms with van der Waals surface area (Å²) in [5.74, 6) is -0.933. The van der Waals surface area contributed by atoms with Gasteiger partial charge in [-0.3, -0.25) is 10.1 Å². The van der Waals surface area contributed by atoms with E-state index in [2.05, 4.69) is 10.2 Å². The van der Waals surface area contributed by atoms with Crippen LogP contribution in [0.2, 0.25) is 0 Å². The second kappa shape index (κ2) is 8.81. The van der Waals surface area contributed by atoms with E-state index in [0.717, 1.165) is 11.3 Å². The molecule has 0 aliphatic rings. The number of nitro groups is 1. The lowest BCUT2D eigenvalue weighted by atomic mass is 10.1. The summed E-state index contributed by atoms with van der Waals surface area (Å²) >= 11 is 1.11. The molecule has 0 spiro atoms. The zero-order valence-electron chi connectivity index (χ0n) is 16.9. The standard InChI is InChI=1S/C21H16FN3O6S/c1-11(19-23-24-20(31-19)12-6-8-13(9-7-12)25(27)28)30-21(26)18-14(10-29-2)17-15(22)4-3-5-16(17)32-18/h3-9,11H,10H2,1-2H3. The first-order chi connectivity index (χ1) is 15.4. The molecule has 0 radical (unpaired) electrons. The van der Waals surface area contributed by atoms with Gasteiger partial charge in [0, 0.05) is 40.5 Å². The van der Waals surface area contributed by atoms with E-state index in [1.54, 1.807) is 19.1 Å². The number of thiophene rings is 1. The molecule has 2 heterocycles. The minimum Gasteiger partial charge on any atom is -0.448 e. The molecule has 1 unspecified atom stereocenters. The number of hydrogen-bond acceptors (Lipinski definition) is 9. The van der Waals surface area contributed by atoms with Crippen LogP contribution in [0.3, 0.4) is 0 Å². The van der Waals surface area contributed by atoms with Gasteiger partial charge >= 0.3 is 5.97 Å². The van der Waals surface area contributed by atoms with Crippen molar-refractivity contribution in [2.45, 2.75) is 19.6 Å². The minimum absolute atomic E-state index is 0.0462. The first kappa shape index (κ1) is 21.5. The van der Waals surface area contributed by atoms with Gasteiger partial charge in [-0.25, -0.2) is 9.18 Å². The topological polar surface area (TPSA) is 118 Å². The largest absolute Gasteiger partial charge is 0.448 e. The van der Waals surface area contributed by atoms with Crippen LogP contribution < -0.4 is 0 Å². The molecule has 1 atom stereocenters. The van der Waals surface area contributed by atoms with E-state index in [1.165, 1.54) is 37.4 Å². The molecule has 0 amide bonds. The van der Waals surface area contributed by atoms with Gasteiger partial charge in [0.2, 0.25) is 5.89 Å². The third-order valence-corrected chi connectivity index (χ3v) is 5.81. The van der Waals surface area contributed by atoms with Crippen LogP contribution in [0.25, 0.3) is 21.5 Å². The van der Waals surface area contributed by atoms with E-state index in [-0.39, 0.29) is 29.0 Å². The van der Waals surface area contributed by atoms with E-state index >= 15 is 0 Å². The molecule has 0 N–H and O–H groups in total. The maximum absolute atomic E-state index is 14.3. The van der Waals surface area contributed by atoms with E-state index in [0.29, 0.717) is 21.2 Å². The highest BCUT2D eigenvalue weighted by atomic mass is 32.1. The number of hydrogen-bond donors (Lipinski definition) is 0. The number of nitrogens with zero attached hydrogens (tertiary/aromatic N) is 3. The first-order valence-corrected chi connectivity index (χ1v) is 10.2. The molecule has 0 aliphatic heterocycles. The molecule has 0 saturated heterocycles. The average Bonchev–Trinajstić information content (AvgIpc) is 3.40. The van der Waals surface area contributed by atoms with Crippen LogP contribution in [-0.2, 0) is 16.1 Å². The first-order valence-electron chi connectivity index (χ1n) is 9.37. The van der Waals surface area contributed by atoms with E-state index in [9.17, 15) is 19.3 Å². The van der Waals surface area contributed by atoms with Crippen LogP contribution in [0.15, 0.2) is 46.9 Å². The van der Waals surface area contributed by atoms with Crippen LogP contribution in [0.4, 0.5) is 10.1 Å². The summed E-state index contributed by atoms with van der Waals surface area (Å²) in [5, 5.41) is 18.9. The smallest absolute Gasteiger partial charge is 0.349 e. The summed E-state index contributed by atoms with van der Waals surface area (Å²) in [6, 6.07) is 10.2. The molecule has 0 fully saturated rings. The number of carbonyl (C=O) groups is 1. The Balaban J connectivity index is 1.55. The van der Waals surface area contributed by atoms with Gasteiger partial charge in [-0.2, -0.15) is 0 Å². The van der Waals surface area contributed by atoms with Gasteiger partial charge in [0.1, 0.15) is 10.7 Å². The number of nitro benzene ring substituents is 1. The third kappa shape index (κ3) is 4.07. The Labute approximate surface area is 184 Å². The van der Waals surface area contributed by atoms with Gasteiger partial charge < -0.3 is 13.9 Å².